The Balaban J connectivity index is 1.82. The zero-order chi connectivity index (χ0) is 18.0. The quantitative estimate of drug-likeness (QED) is 0.923. The SMILES string of the molecule is COc1cc(C)c(NC(=O)N2CCCCC2c2ccnn2C)cc1F. The van der Waals surface area contributed by atoms with Gasteiger partial charge in [-0.05, 0) is 43.9 Å². The lowest BCUT2D eigenvalue weighted by atomic mass is 9.99. The molecule has 2 heterocycles. The molecule has 25 heavy (non-hydrogen) atoms. The predicted octanol–water partition coefficient (Wildman–Crippen LogP) is 3.64. The maximum Gasteiger partial charge on any atom is 0.322 e. The molecule has 1 aromatic carbocycles. The van der Waals surface area contributed by atoms with E-state index in [0.29, 0.717) is 12.2 Å². The fourth-order valence-corrected chi connectivity index (χ4v) is 3.33. The van der Waals surface area contributed by atoms with E-state index >= 15 is 0 Å². The number of amides is 2. The monoisotopic (exact) mass is 346 g/mol. The lowest BCUT2D eigenvalue weighted by Gasteiger charge is -2.35. The molecule has 2 amide bonds. The molecule has 0 radical (unpaired) electrons. The van der Waals surface area contributed by atoms with Crippen molar-refractivity contribution in [2.24, 2.45) is 7.05 Å². The van der Waals surface area contributed by atoms with Crippen LogP contribution in [-0.2, 0) is 7.05 Å². The summed E-state index contributed by atoms with van der Waals surface area (Å²) in [6.45, 7) is 2.48. The van der Waals surface area contributed by atoms with Crippen LogP contribution in [0.2, 0.25) is 0 Å². The Bertz CT molecular complexity index is 774. The van der Waals surface area contributed by atoms with E-state index in [0.717, 1.165) is 30.5 Å². The van der Waals surface area contributed by atoms with E-state index in [1.165, 1.54) is 13.2 Å². The second-order valence-electron chi connectivity index (χ2n) is 6.32. The van der Waals surface area contributed by atoms with Crippen LogP contribution in [0.1, 0.15) is 36.6 Å². The van der Waals surface area contributed by atoms with Crippen molar-refractivity contribution in [3.63, 3.8) is 0 Å². The average molecular weight is 346 g/mol. The predicted molar refractivity (Wildman–Crippen MR) is 93.2 cm³/mol. The summed E-state index contributed by atoms with van der Waals surface area (Å²) in [4.78, 5) is 14.6. The molecule has 1 aromatic heterocycles. The summed E-state index contributed by atoms with van der Waals surface area (Å²) < 4.78 is 20.7. The van der Waals surface area contributed by atoms with Crippen molar-refractivity contribution in [1.82, 2.24) is 14.7 Å². The minimum absolute atomic E-state index is 0.0235. The number of likely N-dealkylation sites (tertiary alicyclic amines) is 1. The van der Waals surface area contributed by atoms with Crippen molar-refractivity contribution in [1.29, 1.82) is 0 Å². The second kappa shape index (κ2) is 7.13. The van der Waals surface area contributed by atoms with Gasteiger partial charge in [-0.25, -0.2) is 9.18 Å². The van der Waals surface area contributed by atoms with E-state index in [1.54, 1.807) is 16.9 Å². The second-order valence-corrected chi connectivity index (χ2v) is 6.32. The van der Waals surface area contributed by atoms with Gasteiger partial charge in [0, 0.05) is 31.5 Å². The molecule has 6 nitrogen and oxygen atoms in total. The lowest BCUT2D eigenvalue weighted by molar-refractivity contribution is 0.159. The van der Waals surface area contributed by atoms with Crippen molar-refractivity contribution >= 4 is 11.7 Å². The van der Waals surface area contributed by atoms with Gasteiger partial charge in [-0.15, -0.1) is 0 Å². The van der Waals surface area contributed by atoms with Crippen molar-refractivity contribution in [3.8, 4) is 5.75 Å². The summed E-state index contributed by atoms with van der Waals surface area (Å²) in [6.07, 6.45) is 4.65. The lowest BCUT2D eigenvalue weighted by Crippen LogP contribution is -2.41. The van der Waals surface area contributed by atoms with E-state index in [-0.39, 0.29) is 17.8 Å². The zero-order valence-corrected chi connectivity index (χ0v) is 14.8. The third kappa shape index (κ3) is 3.45. The summed E-state index contributed by atoms with van der Waals surface area (Å²) in [5.74, 6) is -0.327. The Morgan fingerprint density at radius 3 is 2.88 bits per heavy atom. The molecule has 1 fully saturated rings. The Hall–Kier alpha value is -2.57. The van der Waals surface area contributed by atoms with Crippen molar-refractivity contribution in [2.45, 2.75) is 32.2 Å². The largest absolute Gasteiger partial charge is 0.494 e. The van der Waals surface area contributed by atoms with Gasteiger partial charge >= 0.3 is 6.03 Å². The number of rotatable bonds is 3. The molecule has 3 rings (SSSR count). The van der Waals surface area contributed by atoms with Crippen molar-refractivity contribution in [2.75, 3.05) is 19.0 Å². The van der Waals surface area contributed by atoms with Gasteiger partial charge in [-0.3, -0.25) is 4.68 Å². The van der Waals surface area contributed by atoms with Crippen LogP contribution in [-0.4, -0.2) is 34.4 Å². The number of urea groups is 1. The number of ether oxygens (including phenoxy) is 1. The fraction of sp³-hybridized carbons (Fsp3) is 0.444. The normalized spacial score (nSPS) is 17.4. The number of nitrogens with one attached hydrogen (secondary N) is 1. The Labute approximate surface area is 146 Å². The molecule has 1 unspecified atom stereocenters. The first-order chi connectivity index (χ1) is 12.0. The summed E-state index contributed by atoms with van der Waals surface area (Å²) in [7, 11) is 3.30. The van der Waals surface area contributed by atoms with Crippen molar-refractivity contribution < 1.29 is 13.9 Å². The average Bonchev–Trinajstić information content (AvgIpc) is 3.03. The molecule has 1 atom stereocenters. The van der Waals surface area contributed by atoms with Crippen LogP contribution < -0.4 is 10.1 Å². The minimum atomic E-state index is -0.495. The highest BCUT2D eigenvalue weighted by Gasteiger charge is 2.30. The number of nitrogens with zero attached hydrogens (tertiary/aromatic N) is 3. The van der Waals surface area contributed by atoms with Crippen LogP contribution >= 0.6 is 0 Å². The van der Waals surface area contributed by atoms with Gasteiger partial charge in [0.2, 0.25) is 0 Å². The summed E-state index contributed by atoms with van der Waals surface area (Å²) in [5.41, 5.74) is 2.21. The minimum Gasteiger partial charge on any atom is -0.494 e. The van der Waals surface area contributed by atoms with Gasteiger partial charge < -0.3 is 15.0 Å². The molecule has 134 valence electrons. The van der Waals surface area contributed by atoms with Crippen LogP contribution in [0, 0.1) is 12.7 Å². The fourth-order valence-electron chi connectivity index (χ4n) is 3.33. The van der Waals surface area contributed by atoms with E-state index in [2.05, 4.69) is 10.4 Å². The van der Waals surface area contributed by atoms with E-state index in [1.807, 2.05) is 24.9 Å². The number of benzene rings is 1. The number of methoxy groups -OCH3 is 1. The van der Waals surface area contributed by atoms with E-state index in [4.69, 9.17) is 4.74 Å². The van der Waals surface area contributed by atoms with Crippen LogP contribution in [0.3, 0.4) is 0 Å². The van der Waals surface area contributed by atoms with E-state index < -0.39 is 5.82 Å². The highest BCUT2D eigenvalue weighted by atomic mass is 19.1. The third-order valence-electron chi connectivity index (χ3n) is 4.70. The number of halogens is 1. The Morgan fingerprint density at radius 2 is 2.20 bits per heavy atom. The summed E-state index contributed by atoms with van der Waals surface area (Å²) >= 11 is 0. The molecule has 0 saturated carbocycles. The number of carbonyl (C=O) groups excluding carboxylic acids is 1. The van der Waals surface area contributed by atoms with Crippen LogP contribution in [0.5, 0.6) is 5.75 Å². The first-order valence-corrected chi connectivity index (χ1v) is 8.41. The van der Waals surface area contributed by atoms with Crippen LogP contribution in [0.4, 0.5) is 14.9 Å². The molecular formula is C18H23FN4O2. The Morgan fingerprint density at radius 1 is 1.40 bits per heavy atom. The standard InChI is InChI=1S/C18H23FN4O2/c1-12-10-17(25-3)13(19)11-14(12)21-18(24)23-9-5-4-6-16(23)15-7-8-20-22(15)2/h7-8,10-11,16H,4-6,9H2,1-3H3,(H,21,24). The number of hydrogen-bond acceptors (Lipinski definition) is 3. The number of aryl methyl sites for hydroxylation is 2. The number of aromatic nitrogens is 2. The van der Waals surface area contributed by atoms with Gasteiger partial charge in [0.1, 0.15) is 0 Å². The maximum absolute atomic E-state index is 14.0. The summed E-state index contributed by atoms with van der Waals surface area (Å²) in [5, 5.41) is 7.05. The Kier molecular flexibility index (Phi) is 4.92. The van der Waals surface area contributed by atoms with Gasteiger partial charge in [-0.2, -0.15) is 5.10 Å². The van der Waals surface area contributed by atoms with Crippen LogP contribution in [0.15, 0.2) is 24.4 Å². The highest BCUT2D eigenvalue weighted by Crippen LogP contribution is 2.32. The van der Waals surface area contributed by atoms with E-state index in [9.17, 15) is 9.18 Å². The molecule has 0 spiro atoms. The van der Waals surface area contributed by atoms with Crippen molar-refractivity contribution in [3.05, 3.63) is 41.5 Å². The number of anilines is 1. The zero-order valence-electron chi connectivity index (χ0n) is 14.8. The van der Waals surface area contributed by atoms with Crippen LogP contribution in [0.25, 0.3) is 0 Å². The number of carbonyl (C=O) groups is 1. The third-order valence-corrected chi connectivity index (χ3v) is 4.70. The molecule has 1 N–H and O–H groups in total. The molecule has 1 aliphatic heterocycles. The molecule has 0 aliphatic carbocycles. The van der Waals surface area contributed by atoms with Gasteiger partial charge in [0.25, 0.3) is 0 Å². The first kappa shape index (κ1) is 17.3. The molecule has 1 saturated heterocycles. The number of piperidine rings is 1. The smallest absolute Gasteiger partial charge is 0.322 e. The molecule has 0 bridgehead atoms. The molecule has 1 aliphatic rings. The molecule has 2 aromatic rings. The highest BCUT2D eigenvalue weighted by molar-refractivity contribution is 5.90. The first-order valence-electron chi connectivity index (χ1n) is 8.41. The van der Waals surface area contributed by atoms with Gasteiger partial charge in [-0.1, -0.05) is 0 Å². The number of hydrogen-bond donors (Lipinski definition) is 1. The summed E-state index contributed by atoms with van der Waals surface area (Å²) in [6, 6.07) is 4.58. The topological polar surface area (TPSA) is 59.4 Å². The molecule has 7 heteroatoms. The van der Waals surface area contributed by atoms with Gasteiger partial charge in [0.05, 0.1) is 18.8 Å². The van der Waals surface area contributed by atoms with Gasteiger partial charge in [0.15, 0.2) is 11.6 Å². The maximum atomic E-state index is 14.0. The molecular weight excluding hydrogens is 323 g/mol.